The van der Waals surface area contributed by atoms with Crippen LogP contribution in [0.4, 0.5) is 5.82 Å². The molecule has 2 aromatic rings. The Bertz CT molecular complexity index is 696. The van der Waals surface area contributed by atoms with Gasteiger partial charge in [-0.3, -0.25) is 5.41 Å². The van der Waals surface area contributed by atoms with E-state index in [1.807, 2.05) is 30.3 Å². The topological polar surface area (TPSA) is 75.2 Å². The predicted octanol–water partition coefficient (Wildman–Crippen LogP) is 2.13. The van der Waals surface area contributed by atoms with E-state index in [0.717, 1.165) is 23.3 Å². The van der Waals surface area contributed by atoms with Crippen LogP contribution in [-0.2, 0) is 4.74 Å². The minimum Gasteiger partial charge on any atom is -0.384 e. The second-order valence-corrected chi connectivity index (χ2v) is 5.98. The molecule has 1 fully saturated rings. The highest BCUT2D eigenvalue weighted by atomic mass is 16.5. The molecule has 0 atom stereocenters. The van der Waals surface area contributed by atoms with Gasteiger partial charge >= 0.3 is 0 Å². The van der Waals surface area contributed by atoms with Gasteiger partial charge in [0.05, 0.1) is 29.8 Å². The molecule has 110 valence electrons. The van der Waals surface area contributed by atoms with Crippen LogP contribution in [0.3, 0.4) is 0 Å². The molecule has 1 aliphatic heterocycles. The predicted molar refractivity (Wildman–Crippen MR) is 85.0 cm³/mol. The number of nitrogens with one attached hydrogen (secondary N) is 1. The van der Waals surface area contributed by atoms with Crippen LogP contribution in [0.15, 0.2) is 30.3 Å². The molecular formula is C16H20N4O. The molecular weight excluding hydrogens is 264 g/mol. The lowest BCUT2D eigenvalue weighted by molar-refractivity contribution is 0.0639. The Labute approximate surface area is 124 Å². The minimum atomic E-state index is -0.169. The van der Waals surface area contributed by atoms with Gasteiger partial charge in [-0.2, -0.15) is 0 Å². The number of nitrogens with zero attached hydrogens (tertiary/aromatic N) is 2. The number of para-hydroxylation sites is 1. The van der Waals surface area contributed by atoms with Crippen molar-refractivity contribution in [3.05, 3.63) is 35.9 Å². The zero-order chi connectivity index (χ0) is 15.0. The van der Waals surface area contributed by atoms with Crippen molar-refractivity contribution in [2.45, 2.75) is 19.4 Å². The fourth-order valence-corrected chi connectivity index (χ4v) is 2.76. The molecule has 3 rings (SSSR count). The van der Waals surface area contributed by atoms with Crippen molar-refractivity contribution >= 4 is 22.6 Å². The standard InChI is InChI=1S/C16H20N4O/c1-16(2)10-21-8-7-20(16)15-12(14(17)18)9-11-5-3-4-6-13(11)19-15/h3-6,9H,7-8,10H2,1-2H3,(H3,17,18). The Balaban J connectivity index is 2.19. The molecule has 0 aliphatic carbocycles. The molecule has 5 heteroatoms. The van der Waals surface area contributed by atoms with Gasteiger partial charge in [0.25, 0.3) is 0 Å². The number of hydrogen-bond acceptors (Lipinski definition) is 4. The molecule has 0 bridgehead atoms. The highest BCUT2D eigenvalue weighted by Gasteiger charge is 2.33. The molecule has 0 saturated carbocycles. The van der Waals surface area contributed by atoms with Crippen LogP contribution in [0.25, 0.3) is 10.9 Å². The van der Waals surface area contributed by atoms with Crippen molar-refractivity contribution in [2.75, 3.05) is 24.7 Å². The second kappa shape index (κ2) is 5.00. The number of anilines is 1. The number of aromatic nitrogens is 1. The van der Waals surface area contributed by atoms with Crippen LogP contribution in [-0.4, -0.2) is 36.1 Å². The van der Waals surface area contributed by atoms with E-state index in [-0.39, 0.29) is 11.4 Å². The van der Waals surface area contributed by atoms with Crippen LogP contribution in [0.5, 0.6) is 0 Å². The van der Waals surface area contributed by atoms with Crippen molar-refractivity contribution in [2.24, 2.45) is 5.73 Å². The number of amidine groups is 1. The molecule has 0 spiro atoms. The summed E-state index contributed by atoms with van der Waals surface area (Å²) in [6.45, 7) is 6.28. The van der Waals surface area contributed by atoms with Crippen molar-refractivity contribution < 1.29 is 4.74 Å². The second-order valence-electron chi connectivity index (χ2n) is 5.98. The average Bonchev–Trinajstić information content (AvgIpc) is 2.45. The Morgan fingerprint density at radius 2 is 2.14 bits per heavy atom. The van der Waals surface area contributed by atoms with E-state index >= 15 is 0 Å². The third-order valence-electron chi connectivity index (χ3n) is 3.89. The lowest BCUT2D eigenvalue weighted by Gasteiger charge is -2.43. The van der Waals surface area contributed by atoms with E-state index in [9.17, 15) is 0 Å². The minimum absolute atomic E-state index is 0.0468. The van der Waals surface area contributed by atoms with Gasteiger partial charge in [-0.15, -0.1) is 0 Å². The molecule has 0 radical (unpaired) electrons. The first-order valence-corrected chi connectivity index (χ1v) is 7.08. The number of hydrogen-bond donors (Lipinski definition) is 2. The van der Waals surface area contributed by atoms with Gasteiger partial charge in [0.2, 0.25) is 0 Å². The van der Waals surface area contributed by atoms with Crippen LogP contribution >= 0.6 is 0 Å². The summed E-state index contributed by atoms with van der Waals surface area (Å²) in [5.74, 6) is 0.819. The maximum atomic E-state index is 7.88. The summed E-state index contributed by atoms with van der Waals surface area (Å²) in [6.07, 6.45) is 0. The normalized spacial score (nSPS) is 17.9. The van der Waals surface area contributed by atoms with E-state index in [4.69, 9.17) is 20.9 Å². The first-order chi connectivity index (χ1) is 9.99. The maximum Gasteiger partial charge on any atom is 0.140 e. The maximum absolute atomic E-state index is 7.88. The fraction of sp³-hybridized carbons (Fsp3) is 0.375. The van der Waals surface area contributed by atoms with Crippen molar-refractivity contribution in [1.29, 1.82) is 5.41 Å². The lowest BCUT2D eigenvalue weighted by Crippen LogP contribution is -2.54. The Morgan fingerprint density at radius 3 is 2.86 bits per heavy atom. The van der Waals surface area contributed by atoms with Gasteiger partial charge < -0.3 is 15.4 Å². The summed E-state index contributed by atoms with van der Waals surface area (Å²) in [4.78, 5) is 6.96. The molecule has 0 amide bonds. The summed E-state index contributed by atoms with van der Waals surface area (Å²) in [5, 5.41) is 8.88. The molecule has 1 aromatic carbocycles. The molecule has 3 N–H and O–H groups in total. The smallest absolute Gasteiger partial charge is 0.140 e. The van der Waals surface area contributed by atoms with E-state index in [1.54, 1.807) is 0 Å². The molecule has 21 heavy (non-hydrogen) atoms. The van der Waals surface area contributed by atoms with Gasteiger partial charge in [-0.25, -0.2) is 4.98 Å². The molecule has 1 saturated heterocycles. The first kappa shape index (κ1) is 13.8. The number of ether oxygens (including phenoxy) is 1. The third kappa shape index (κ3) is 2.45. The number of nitrogen functional groups attached to an aromatic ring is 1. The van der Waals surface area contributed by atoms with E-state index in [1.165, 1.54) is 0 Å². The number of fused-ring (bicyclic) bond motifs is 1. The van der Waals surface area contributed by atoms with Gasteiger partial charge in [-0.05, 0) is 26.0 Å². The highest BCUT2D eigenvalue weighted by molar-refractivity contribution is 6.03. The van der Waals surface area contributed by atoms with E-state index in [0.29, 0.717) is 18.8 Å². The SMILES string of the molecule is CC1(C)COCCN1c1nc2ccccc2cc1C(=N)N. The zero-order valence-corrected chi connectivity index (χ0v) is 12.4. The summed E-state index contributed by atoms with van der Waals surface area (Å²) in [6, 6.07) is 9.86. The number of pyridine rings is 1. The number of morpholine rings is 1. The van der Waals surface area contributed by atoms with Gasteiger partial charge in [0.1, 0.15) is 11.7 Å². The van der Waals surface area contributed by atoms with Gasteiger partial charge in [0.15, 0.2) is 0 Å². The summed E-state index contributed by atoms with van der Waals surface area (Å²) in [7, 11) is 0. The number of rotatable bonds is 2. The monoisotopic (exact) mass is 284 g/mol. The summed E-state index contributed by atoms with van der Waals surface area (Å²) < 4.78 is 5.57. The van der Waals surface area contributed by atoms with Crippen LogP contribution in [0.2, 0.25) is 0 Å². The highest BCUT2D eigenvalue weighted by Crippen LogP contribution is 2.30. The number of nitrogens with two attached hydrogens (primary N) is 1. The quantitative estimate of drug-likeness (QED) is 0.654. The fourth-order valence-electron chi connectivity index (χ4n) is 2.76. The van der Waals surface area contributed by atoms with Crippen molar-refractivity contribution in [1.82, 2.24) is 4.98 Å². The number of benzene rings is 1. The summed E-state index contributed by atoms with van der Waals surface area (Å²) in [5.41, 5.74) is 7.22. The Kier molecular flexibility index (Phi) is 3.29. The van der Waals surface area contributed by atoms with Crippen LogP contribution in [0.1, 0.15) is 19.4 Å². The van der Waals surface area contributed by atoms with E-state index in [2.05, 4.69) is 18.7 Å². The van der Waals surface area contributed by atoms with Gasteiger partial charge in [-0.1, -0.05) is 18.2 Å². The summed E-state index contributed by atoms with van der Waals surface area (Å²) >= 11 is 0. The van der Waals surface area contributed by atoms with Gasteiger partial charge in [0, 0.05) is 11.9 Å². The molecule has 1 aliphatic rings. The van der Waals surface area contributed by atoms with Crippen molar-refractivity contribution in [3.8, 4) is 0 Å². The average molecular weight is 284 g/mol. The molecule has 5 nitrogen and oxygen atoms in total. The van der Waals surface area contributed by atoms with E-state index < -0.39 is 0 Å². The van der Waals surface area contributed by atoms with Crippen LogP contribution < -0.4 is 10.6 Å². The van der Waals surface area contributed by atoms with Crippen LogP contribution in [0, 0.1) is 5.41 Å². The zero-order valence-electron chi connectivity index (χ0n) is 12.4. The largest absolute Gasteiger partial charge is 0.384 e. The molecule has 1 aromatic heterocycles. The Hall–Kier alpha value is -2.14. The molecule has 2 heterocycles. The molecule has 0 unspecified atom stereocenters. The Morgan fingerprint density at radius 1 is 1.38 bits per heavy atom. The third-order valence-corrected chi connectivity index (χ3v) is 3.89. The first-order valence-electron chi connectivity index (χ1n) is 7.08. The van der Waals surface area contributed by atoms with Crippen molar-refractivity contribution in [3.63, 3.8) is 0 Å². The lowest BCUT2D eigenvalue weighted by atomic mass is 10.0.